The van der Waals surface area contributed by atoms with Crippen LogP contribution in [0.2, 0.25) is 0 Å². The van der Waals surface area contributed by atoms with Crippen molar-refractivity contribution in [3.63, 3.8) is 0 Å². The fourth-order valence-corrected chi connectivity index (χ4v) is 4.01. The van der Waals surface area contributed by atoms with Gasteiger partial charge in [0.1, 0.15) is 5.82 Å². The second kappa shape index (κ2) is 7.33. The number of imidazole rings is 1. The molecule has 0 atom stereocenters. The molecule has 0 spiro atoms. The molecule has 1 amide bonds. The number of rotatable bonds is 4. The Kier molecular flexibility index (Phi) is 4.38. The standard InChI is InChI=1S/C23H16N4OS/c28-21(13-10-15-6-2-1-3-7-15)27-23-26-19-12-11-16(14-20(19)29-23)22-24-17-8-4-5-9-18(17)25-22/h1-14H,(H,24,25)(H,26,27,28). The van der Waals surface area contributed by atoms with Crippen LogP contribution in [0.15, 0.2) is 78.9 Å². The van der Waals surface area contributed by atoms with Crippen molar-refractivity contribution in [1.29, 1.82) is 0 Å². The first-order valence-electron chi connectivity index (χ1n) is 9.14. The zero-order valence-corrected chi connectivity index (χ0v) is 16.1. The Hall–Kier alpha value is -3.77. The summed E-state index contributed by atoms with van der Waals surface area (Å²) in [5.41, 5.74) is 4.74. The van der Waals surface area contributed by atoms with Crippen molar-refractivity contribution in [2.75, 3.05) is 5.32 Å². The zero-order chi connectivity index (χ0) is 19.6. The third kappa shape index (κ3) is 3.66. The molecule has 0 saturated heterocycles. The van der Waals surface area contributed by atoms with Gasteiger partial charge in [-0.2, -0.15) is 0 Å². The number of amides is 1. The molecule has 0 saturated carbocycles. The number of benzene rings is 3. The van der Waals surface area contributed by atoms with Crippen LogP contribution in [0.5, 0.6) is 0 Å². The van der Waals surface area contributed by atoms with E-state index in [4.69, 9.17) is 0 Å². The number of aromatic amines is 1. The number of anilines is 1. The molecule has 2 heterocycles. The van der Waals surface area contributed by atoms with E-state index in [1.54, 1.807) is 6.08 Å². The van der Waals surface area contributed by atoms with Crippen LogP contribution in [0.3, 0.4) is 0 Å². The number of H-pyrrole nitrogens is 1. The molecule has 0 unspecified atom stereocenters. The summed E-state index contributed by atoms with van der Waals surface area (Å²) in [4.78, 5) is 24.7. The van der Waals surface area contributed by atoms with Gasteiger partial charge in [-0.1, -0.05) is 53.8 Å². The third-order valence-corrected chi connectivity index (χ3v) is 5.44. The molecule has 5 rings (SSSR count). The second-order valence-corrected chi connectivity index (χ2v) is 7.57. The number of carbonyl (C=O) groups excluding carboxylic acids is 1. The van der Waals surface area contributed by atoms with Crippen LogP contribution in [0.4, 0.5) is 5.13 Å². The maximum atomic E-state index is 12.2. The monoisotopic (exact) mass is 396 g/mol. The highest BCUT2D eigenvalue weighted by Gasteiger charge is 2.10. The smallest absolute Gasteiger partial charge is 0.250 e. The first kappa shape index (κ1) is 17.3. The predicted molar refractivity (Wildman–Crippen MR) is 119 cm³/mol. The molecule has 0 aliphatic carbocycles. The number of hydrogen-bond acceptors (Lipinski definition) is 4. The Morgan fingerprint density at radius 1 is 0.931 bits per heavy atom. The minimum Gasteiger partial charge on any atom is -0.338 e. The van der Waals surface area contributed by atoms with Gasteiger partial charge in [0.05, 0.1) is 21.3 Å². The normalized spacial score (nSPS) is 11.4. The summed E-state index contributed by atoms with van der Waals surface area (Å²) in [5.74, 6) is 0.614. The maximum absolute atomic E-state index is 12.2. The maximum Gasteiger partial charge on any atom is 0.250 e. The van der Waals surface area contributed by atoms with Gasteiger partial charge in [-0.3, -0.25) is 10.1 Å². The first-order chi connectivity index (χ1) is 14.2. The number of thiazole rings is 1. The molecule has 2 N–H and O–H groups in total. The minimum atomic E-state index is -0.203. The number of aromatic nitrogens is 3. The average molecular weight is 396 g/mol. The van der Waals surface area contributed by atoms with Gasteiger partial charge < -0.3 is 4.98 Å². The van der Waals surface area contributed by atoms with E-state index in [9.17, 15) is 4.79 Å². The van der Waals surface area contributed by atoms with Gasteiger partial charge in [-0.25, -0.2) is 9.97 Å². The van der Waals surface area contributed by atoms with Crippen molar-refractivity contribution in [3.05, 3.63) is 84.4 Å². The molecule has 0 fully saturated rings. The first-order valence-corrected chi connectivity index (χ1v) is 9.96. The molecule has 2 aromatic heterocycles. The lowest BCUT2D eigenvalue weighted by Gasteiger charge is -1.95. The molecule has 0 aliphatic rings. The number of nitrogens with zero attached hydrogens (tertiary/aromatic N) is 2. The Morgan fingerprint density at radius 2 is 1.76 bits per heavy atom. The van der Waals surface area contributed by atoms with Gasteiger partial charge in [0.25, 0.3) is 0 Å². The summed E-state index contributed by atoms with van der Waals surface area (Å²) < 4.78 is 0.991. The number of nitrogens with one attached hydrogen (secondary N) is 2. The van der Waals surface area contributed by atoms with Crippen molar-refractivity contribution in [2.45, 2.75) is 0 Å². The number of fused-ring (bicyclic) bond motifs is 2. The summed E-state index contributed by atoms with van der Waals surface area (Å²) >= 11 is 1.44. The van der Waals surface area contributed by atoms with Crippen molar-refractivity contribution < 1.29 is 4.79 Å². The topological polar surface area (TPSA) is 70.7 Å². The molecule has 3 aromatic carbocycles. The van der Waals surface area contributed by atoms with Crippen molar-refractivity contribution in [2.24, 2.45) is 0 Å². The Bertz CT molecular complexity index is 1320. The van der Waals surface area contributed by atoms with Crippen molar-refractivity contribution >= 4 is 49.7 Å². The van der Waals surface area contributed by atoms with E-state index < -0.39 is 0 Å². The van der Waals surface area contributed by atoms with E-state index in [-0.39, 0.29) is 5.91 Å². The van der Waals surface area contributed by atoms with E-state index in [2.05, 4.69) is 20.3 Å². The fraction of sp³-hybridized carbons (Fsp3) is 0. The van der Waals surface area contributed by atoms with Gasteiger partial charge in [-0.05, 0) is 42.0 Å². The lowest BCUT2D eigenvalue weighted by atomic mass is 10.2. The molecule has 140 valence electrons. The number of hydrogen-bond donors (Lipinski definition) is 2. The molecule has 0 bridgehead atoms. The lowest BCUT2D eigenvalue weighted by molar-refractivity contribution is -0.111. The van der Waals surface area contributed by atoms with Crippen LogP contribution >= 0.6 is 11.3 Å². The summed E-state index contributed by atoms with van der Waals surface area (Å²) in [7, 11) is 0. The minimum absolute atomic E-state index is 0.203. The Balaban J connectivity index is 1.38. The van der Waals surface area contributed by atoms with Crippen LogP contribution in [0, 0.1) is 0 Å². The summed E-state index contributed by atoms with van der Waals surface area (Å²) in [6, 6.07) is 23.6. The molecule has 0 aliphatic heterocycles. The third-order valence-electron chi connectivity index (χ3n) is 4.51. The molecular formula is C23H16N4OS. The molecule has 0 radical (unpaired) electrons. The largest absolute Gasteiger partial charge is 0.338 e. The Labute approximate surface area is 170 Å². The van der Waals surface area contributed by atoms with Gasteiger partial charge in [0.15, 0.2) is 5.13 Å². The molecule has 6 heteroatoms. The molecule has 29 heavy (non-hydrogen) atoms. The van der Waals surface area contributed by atoms with Crippen molar-refractivity contribution in [1.82, 2.24) is 15.0 Å². The van der Waals surface area contributed by atoms with Gasteiger partial charge in [0, 0.05) is 11.6 Å². The quantitative estimate of drug-likeness (QED) is 0.395. The summed E-state index contributed by atoms with van der Waals surface area (Å²) in [6.07, 6.45) is 3.30. The summed E-state index contributed by atoms with van der Waals surface area (Å²) in [6.45, 7) is 0. The van der Waals surface area contributed by atoms with Gasteiger partial charge in [0.2, 0.25) is 5.91 Å². The number of carbonyl (C=O) groups is 1. The second-order valence-electron chi connectivity index (χ2n) is 6.54. The molecule has 5 aromatic rings. The zero-order valence-electron chi connectivity index (χ0n) is 15.3. The van der Waals surface area contributed by atoms with Gasteiger partial charge >= 0.3 is 0 Å². The highest BCUT2D eigenvalue weighted by molar-refractivity contribution is 7.22. The summed E-state index contributed by atoms with van der Waals surface area (Å²) in [5, 5.41) is 3.41. The van der Waals surface area contributed by atoms with E-state index in [0.29, 0.717) is 5.13 Å². The van der Waals surface area contributed by atoms with E-state index in [1.165, 1.54) is 17.4 Å². The molecule has 5 nitrogen and oxygen atoms in total. The van der Waals surface area contributed by atoms with Crippen LogP contribution in [-0.4, -0.2) is 20.9 Å². The average Bonchev–Trinajstić information content (AvgIpc) is 3.35. The van der Waals surface area contributed by atoms with Gasteiger partial charge in [-0.15, -0.1) is 0 Å². The SMILES string of the molecule is O=C(C=Cc1ccccc1)Nc1nc2ccc(-c3nc4ccccc4[nH]3)cc2s1. The highest BCUT2D eigenvalue weighted by atomic mass is 32.1. The van der Waals surface area contributed by atoms with Crippen LogP contribution < -0.4 is 5.32 Å². The van der Waals surface area contributed by atoms with E-state index >= 15 is 0 Å². The van der Waals surface area contributed by atoms with Crippen molar-refractivity contribution in [3.8, 4) is 11.4 Å². The van der Waals surface area contributed by atoms with Crippen LogP contribution in [0.25, 0.3) is 38.7 Å². The lowest BCUT2D eigenvalue weighted by Crippen LogP contribution is -2.07. The number of para-hydroxylation sites is 2. The van der Waals surface area contributed by atoms with Crippen LogP contribution in [0.1, 0.15) is 5.56 Å². The highest BCUT2D eigenvalue weighted by Crippen LogP contribution is 2.30. The fourth-order valence-electron chi connectivity index (χ4n) is 3.10. The molecular weight excluding hydrogens is 380 g/mol. The van der Waals surface area contributed by atoms with E-state index in [0.717, 1.165) is 38.2 Å². The van der Waals surface area contributed by atoms with E-state index in [1.807, 2.05) is 72.8 Å². The Morgan fingerprint density at radius 3 is 2.62 bits per heavy atom. The van der Waals surface area contributed by atoms with Crippen LogP contribution in [-0.2, 0) is 4.79 Å². The predicted octanol–water partition coefficient (Wildman–Crippen LogP) is 5.49.